The minimum absolute atomic E-state index is 0.145. The average Bonchev–Trinajstić information content (AvgIpc) is 2.69. The highest BCUT2D eigenvalue weighted by atomic mass is 15.1. The Balaban J connectivity index is 2.06. The number of allylic oxidation sites excluding steroid dienone is 1. The number of hydrogen-bond acceptors (Lipinski definition) is 1. The summed E-state index contributed by atoms with van der Waals surface area (Å²) >= 11 is 0. The summed E-state index contributed by atoms with van der Waals surface area (Å²) in [6, 6.07) is 26.7. The molecule has 0 unspecified atom stereocenters. The molecule has 0 heterocycles. The topological polar surface area (TPSA) is 3.24 Å². The highest BCUT2D eigenvalue weighted by molar-refractivity contribution is 5.77. The molecule has 1 heteroatoms. The van der Waals surface area contributed by atoms with Gasteiger partial charge >= 0.3 is 0 Å². The van der Waals surface area contributed by atoms with E-state index in [2.05, 4.69) is 131 Å². The van der Waals surface area contributed by atoms with Gasteiger partial charge in [0, 0.05) is 17.1 Å². The molecule has 156 valence electrons. The third kappa shape index (κ3) is 5.02. The molecule has 0 fully saturated rings. The monoisotopic (exact) mass is 397 g/mol. The Labute approximate surface area is 183 Å². The molecule has 0 saturated heterocycles. The van der Waals surface area contributed by atoms with Crippen molar-refractivity contribution in [1.29, 1.82) is 0 Å². The first-order chi connectivity index (χ1) is 14.1. The van der Waals surface area contributed by atoms with E-state index in [1.54, 1.807) is 0 Å². The highest BCUT2D eigenvalue weighted by Gasteiger charge is 2.18. The number of rotatable bonds is 4. The maximum absolute atomic E-state index is 2.33. The van der Waals surface area contributed by atoms with Crippen LogP contribution in [0.1, 0.15) is 65.2 Å². The standard InChI is InChI=1S/C29H35N/c1-8-9-22-10-16-25(17-11-22)30(26-18-12-23(13-19-26)28(2,3)4)27-20-14-24(15-21-27)29(5,6)7/h8-21H,1-7H3/b9-8+. The van der Waals surface area contributed by atoms with E-state index >= 15 is 0 Å². The fourth-order valence-electron chi connectivity index (χ4n) is 3.60. The van der Waals surface area contributed by atoms with Crippen LogP contribution in [0.2, 0.25) is 0 Å². The summed E-state index contributed by atoms with van der Waals surface area (Å²) in [5, 5.41) is 0. The van der Waals surface area contributed by atoms with Crippen LogP contribution in [0.4, 0.5) is 17.1 Å². The summed E-state index contributed by atoms with van der Waals surface area (Å²) < 4.78 is 0. The maximum atomic E-state index is 2.33. The van der Waals surface area contributed by atoms with Gasteiger partial charge < -0.3 is 4.90 Å². The van der Waals surface area contributed by atoms with E-state index in [1.807, 2.05) is 6.92 Å². The SMILES string of the molecule is C/C=C/c1ccc(N(c2ccc(C(C)(C)C)cc2)c2ccc(C(C)(C)C)cc2)cc1. The van der Waals surface area contributed by atoms with Crippen LogP contribution >= 0.6 is 0 Å². The Hall–Kier alpha value is -2.80. The molecule has 0 bridgehead atoms. The summed E-state index contributed by atoms with van der Waals surface area (Å²) in [6.45, 7) is 15.6. The van der Waals surface area contributed by atoms with E-state index in [4.69, 9.17) is 0 Å². The van der Waals surface area contributed by atoms with E-state index in [1.165, 1.54) is 28.1 Å². The second kappa shape index (κ2) is 8.52. The number of hydrogen-bond donors (Lipinski definition) is 0. The third-order valence-electron chi connectivity index (χ3n) is 5.49. The first-order valence-corrected chi connectivity index (χ1v) is 10.8. The molecule has 0 spiro atoms. The average molecular weight is 398 g/mol. The zero-order chi connectivity index (χ0) is 21.9. The Morgan fingerprint density at radius 1 is 0.533 bits per heavy atom. The number of anilines is 3. The van der Waals surface area contributed by atoms with Crippen LogP contribution < -0.4 is 4.90 Å². The van der Waals surface area contributed by atoms with E-state index in [0.717, 1.165) is 5.69 Å². The summed E-state index contributed by atoms with van der Waals surface area (Å²) in [4.78, 5) is 2.33. The van der Waals surface area contributed by atoms with Gasteiger partial charge in [-0.25, -0.2) is 0 Å². The summed E-state index contributed by atoms with van der Waals surface area (Å²) in [5.41, 5.74) is 7.70. The smallest absolute Gasteiger partial charge is 0.0462 e. The summed E-state index contributed by atoms with van der Waals surface area (Å²) in [7, 11) is 0. The Kier molecular flexibility index (Phi) is 6.22. The molecule has 0 aliphatic heterocycles. The van der Waals surface area contributed by atoms with Crippen molar-refractivity contribution in [3.05, 3.63) is 95.6 Å². The van der Waals surface area contributed by atoms with Crippen molar-refractivity contribution >= 4 is 23.1 Å². The lowest BCUT2D eigenvalue weighted by atomic mass is 9.86. The van der Waals surface area contributed by atoms with Crippen LogP contribution in [0.25, 0.3) is 6.08 Å². The van der Waals surface area contributed by atoms with Crippen LogP contribution in [0, 0.1) is 0 Å². The van der Waals surface area contributed by atoms with E-state index in [9.17, 15) is 0 Å². The molecular weight excluding hydrogens is 362 g/mol. The van der Waals surface area contributed by atoms with Crippen molar-refractivity contribution in [3.63, 3.8) is 0 Å². The molecule has 0 atom stereocenters. The van der Waals surface area contributed by atoms with E-state index in [-0.39, 0.29) is 10.8 Å². The molecular formula is C29H35N. The predicted octanol–water partition coefficient (Wildman–Crippen LogP) is 8.78. The van der Waals surface area contributed by atoms with Crippen molar-refractivity contribution in [2.24, 2.45) is 0 Å². The summed E-state index contributed by atoms with van der Waals surface area (Å²) in [5.74, 6) is 0. The van der Waals surface area contributed by atoms with Gasteiger partial charge in [-0.05, 0) is 70.8 Å². The third-order valence-corrected chi connectivity index (χ3v) is 5.49. The van der Waals surface area contributed by atoms with E-state index in [0.29, 0.717) is 0 Å². The van der Waals surface area contributed by atoms with Crippen LogP contribution in [0.5, 0.6) is 0 Å². The fourth-order valence-corrected chi connectivity index (χ4v) is 3.60. The van der Waals surface area contributed by atoms with Crippen LogP contribution in [0.3, 0.4) is 0 Å². The molecule has 0 aliphatic carbocycles. The fraction of sp³-hybridized carbons (Fsp3) is 0.310. The van der Waals surface area contributed by atoms with Crippen molar-refractivity contribution in [3.8, 4) is 0 Å². The van der Waals surface area contributed by atoms with Gasteiger partial charge in [0.2, 0.25) is 0 Å². The van der Waals surface area contributed by atoms with Gasteiger partial charge in [-0.1, -0.05) is 90.1 Å². The Bertz CT molecular complexity index is 919. The largest absolute Gasteiger partial charge is 0.311 e. The van der Waals surface area contributed by atoms with Gasteiger partial charge in [0.1, 0.15) is 0 Å². The maximum Gasteiger partial charge on any atom is 0.0462 e. The Morgan fingerprint density at radius 2 is 0.867 bits per heavy atom. The first kappa shape index (κ1) is 21.9. The van der Waals surface area contributed by atoms with Crippen molar-refractivity contribution in [2.45, 2.75) is 59.3 Å². The molecule has 0 aromatic heterocycles. The quantitative estimate of drug-likeness (QED) is 0.425. The molecule has 3 aromatic rings. The van der Waals surface area contributed by atoms with Gasteiger partial charge in [-0.2, -0.15) is 0 Å². The molecule has 30 heavy (non-hydrogen) atoms. The van der Waals surface area contributed by atoms with Crippen LogP contribution in [-0.2, 0) is 10.8 Å². The molecule has 3 aromatic carbocycles. The molecule has 3 rings (SSSR count). The first-order valence-electron chi connectivity index (χ1n) is 10.8. The molecule has 0 radical (unpaired) electrons. The zero-order valence-corrected chi connectivity index (χ0v) is 19.5. The molecule has 1 nitrogen and oxygen atoms in total. The van der Waals surface area contributed by atoms with Gasteiger partial charge in [-0.15, -0.1) is 0 Å². The van der Waals surface area contributed by atoms with Crippen LogP contribution in [-0.4, -0.2) is 0 Å². The minimum Gasteiger partial charge on any atom is -0.311 e. The van der Waals surface area contributed by atoms with Gasteiger partial charge in [0.05, 0.1) is 0 Å². The lowest BCUT2D eigenvalue weighted by Crippen LogP contribution is -2.14. The van der Waals surface area contributed by atoms with Crippen LogP contribution in [0.15, 0.2) is 78.9 Å². The Morgan fingerprint density at radius 3 is 1.17 bits per heavy atom. The molecule has 0 saturated carbocycles. The van der Waals surface area contributed by atoms with Gasteiger partial charge in [-0.3, -0.25) is 0 Å². The predicted molar refractivity (Wildman–Crippen MR) is 133 cm³/mol. The number of nitrogens with zero attached hydrogens (tertiary/aromatic N) is 1. The van der Waals surface area contributed by atoms with Gasteiger partial charge in [0.25, 0.3) is 0 Å². The molecule has 0 N–H and O–H groups in total. The zero-order valence-electron chi connectivity index (χ0n) is 19.5. The van der Waals surface area contributed by atoms with Crippen molar-refractivity contribution in [1.82, 2.24) is 0 Å². The van der Waals surface area contributed by atoms with Crippen molar-refractivity contribution < 1.29 is 0 Å². The van der Waals surface area contributed by atoms with Crippen molar-refractivity contribution in [2.75, 3.05) is 4.90 Å². The lowest BCUT2D eigenvalue weighted by Gasteiger charge is -2.28. The normalized spacial score (nSPS) is 12.4. The van der Waals surface area contributed by atoms with E-state index < -0.39 is 0 Å². The lowest BCUT2D eigenvalue weighted by molar-refractivity contribution is 0.590. The second-order valence-corrected chi connectivity index (χ2v) is 10.0. The summed E-state index contributed by atoms with van der Waals surface area (Å²) in [6.07, 6.45) is 4.20. The van der Waals surface area contributed by atoms with Gasteiger partial charge in [0.15, 0.2) is 0 Å². The second-order valence-electron chi connectivity index (χ2n) is 10.0. The molecule has 0 amide bonds. The minimum atomic E-state index is 0.145. The molecule has 0 aliphatic rings. The highest BCUT2D eigenvalue weighted by Crippen LogP contribution is 2.37. The number of benzene rings is 3.